The van der Waals surface area contributed by atoms with E-state index >= 15 is 0 Å². The Bertz CT molecular complexity index is 554. The molecular weight excluding hydrogens is 268 g/mol. The largest absolute Gasteiger partial charge is 0.317 e. The van der Waals surface area contributed by atoms with Gasteiger partial charge in [-0.1, -0.05) is 35.9 Å². The van der Waals surface area contributed by atoms with Crippen molar-refractivity contribution in [3.8, 4) is 0 Å². The second-order valence-corrected chi connectivity index (χ2v) is 5.53. The van der Waals surface area contributed by atoms with Gasteiger partial charge in [0.25, 0.3) is 0 Å². The Morgan fingerprint density at radius 2 is 2.00 bits per heavy atom. The molecule has 2 nitrogen and oxygen atoms in total. The highest BCUT2D eigenvalue weighted by Crippen LogP contribution is 2.18. The van der Waals surface area contributed by atoms with Crippen LogP contribution in [0.2, 0.25) is 5.02 Å². The van der Waals surface area contributed by atoms with Gasteiger partial charge in [0, 0.05) is 18.4 Å². The van der Waals surface area contributed by atoms with Gasteiger partial charge < -0.3 is 5.32 Å². The summed E-state index contributed by atoms with van der Waals surface area (Å²) in [5.41, 5.74) is 3.95. The number of nitrogens with zero attached hydrogens (tertiary/aromatic N) is 1. The van der Waals surface area contributed by atoms with E-state index in [1.54, 1.807) is 12.4 Å². The van der Waals surface area contributed by atoms with Crippen molar-refractivity contribution in [2.75, 3.05) is 7.05 Å². The van der Waals surface area contributed by atoms with Crippen LogP contribution in [0.4, 0.5) is 0 Å². The van der Waals surface area contributed by atoms with E-state index < -0.39 is 0 Å². The van der Waals surface area contributed by atoms with Crippen molar-refractivity contribution in [1.82, 2.24) is 10.3 Å². The second-order valence-electron chi connectivity index (χ2n) is 5.12. The van der Waals surface area contributed by atoms with Crippen LogP contribution in [-0.2, 0) is 12.8 Å². The molecule has 0 saturated carbocycles. The molecule has 0 radical (unpaired) electrons. The molecule has 1 aromatic carbocycles. The molecule has 0 amide bonds. The lowest BCUT2D eigenvalue weighted by Gasteiger charge is -2.17. The third-order valence-electron chi connectivity index (χ3n) is 3.75. The number of aromatic nitrogens is 1. The van der Waals surface area contributed by atoms with Crippen LogP contribution in [-0.4, -0.2) is 18.1 Å². The molecule has 1 atom stereocenters. The summed E-state index contributed by atoms with van der Waals surface area (Å²) in [6.07, 6.45) is 6.63. The predicted molar refractivity (Wildman–Crippen MR) is 85.3 cm³/mol. The topological polar surface area (TPSA) is 24.9 Å². The molecule has 2 aromatic rings. The van der Waals surface area contributed by atoms with Crippen molar-refractivity contribution in [2.24, 2.45) is 0 Å². The minimum absolute atomic E-state index is 0.425. The highest BCUT2D eigenvalue weighted by Gasteiger charge is 2.10. The van der Waals surface area contributed by atoms with Crippen molar-refractivity contribution < 1.29 is 0 Å². The van der Waals surface area contributed by atoms with Gasteiger partial charge in [-0.25, -0.2) is 0 Å². The number of likely N-dealkylation sites (N-methyl/N-ethyl adjacent to an activating group) is 1. The van der Waals surface area contributed by atoms with Crippen LogP contribution in [0.5, 0.6) is 0 Å². The standard InChI is InChI=1S/C17H21ClN2/c1-13-5-3-4-6-14(13)7-8-16(19-2)11-15-9-10-20-12-17(15)18/h3-6,9-10,12,16,19H,7-8,11H2,1-2H3. The number of rotatable bonds is 6. The van der Waals surface area contributed by atoms with Gasteiger partial charge in [0.05, 0.1) is 5.02 Å². The van der Waals surface area contributed by atoms with Gasteiger partial charge in [0.1, 0.15) is 0 Å². The van der Waals surface area contributed by atoms with Gasteiger partial charge >= 0.3 is 0 Å². The summed E-state index contributed by atoms with van der Waals surface area (Å²) in [4.78, 5) is 4.03. The molecule has 0 aliphatic heterocycles. The fourth-order valence-electron chi connectivity index (χ4n) is 2.40. The van der Waals surface area contributed by atoms with Crippen LogP contribution < -0.4 is 5.32 Å². The highest BCUT2D eigenvalue weighted by atomic mass is 35.5. The lowest BCUT2D eigenvalue weighted by atomic mass is 9.97. The lowest BCUT2D eigenvalue weighted by Crippen LogP contribution is -2.28. The average molecular weight is 289 g/mol. The molecule has 0 fully saturated rings. The molecule has 3 heteroatoms. The minimum Gasteiger partial charge on any atom is -0.317 e. The SMILES string of the molecule is CNC(CCc1ccccc1C)Cc1ccncc1Cl. The summed E-state index contributed by atoms with van der Waals surface area (Å²) in [5, 5.41) is 4.14. The van der Waals surface area contributed by atoms with Crippen molar-refractivity contribution in [3.63, 3.8) is 0 Å². The van der Waals surface area contributed by atoms with E-state index in [0.29, 0.717) is 6.04 Å². The molecule has 0 bridgehead atoms. The summed E-state index contributed by atoms with van der Waals surface area (Å²) in [7, 11) is 2.01. The Kier molecular flexibility index (Phi) is 5.57. The van der Waals surface area contributed by atoms with Crippen LogP contribution in [0.1, 0.15) is 23.1 Å². The molecule has 0 aliphatic carbocycles. The van der Waals surface area contributed by atoms with Crippen molar-refractivity contribution in [1.29, 1.82) is 0 Å². The van der Waals surface area contributed by atoms with E-state index in [-0.39, 0.29) is 0 Å². The van der Waals surface area contributed by atoms with E-state index in [1.807, 2.05) is 13.1 Å². The summed E-state index contributed by atoms with van der Waals surface area (Å²) >= 11 is 6.18. The molecule has 0 saturated heterocycles. The van der Waals surface area contributed by atoms with E-state index in [1.165, 1.54) is 11.1 Å². The van der Waals surface area contributed by atoms with Gasteiger partial charge in [-0.2, -0.15) is 0 Å². The maximum atomic E-state index is 6.18. The zero-order chi connectivity index (χ0) is 14.4. The Morgan fingerprint density at radius 1 is 1.20 bits per heavy atom. The summed E-state index contributed by atoms with van der Waals surface area (Å²) < 4.78 is 0. The van der Waals surface area contributed by atoms with E-state index in [2.05, 4.69) is 41.5 Å². The van der Waals surface area contributed by atoms with E-state index in [4.69, 9.17) is 11.6 Å². The zero-order valence-corrected chi connectivity index (χ0v) is 12.8. The Morgan fingerprint density at radius 3 is 2.70 bits per heavy atom. The summed E-state index contributed by atoms with van der Waals surface area (Å²) in [6, 6.07) is 11.0. The first-order valence-corrected chi connectivity index (χ1v) is 7.38. The van der Waals surface area contributed by atoms with E-state index in [9.17, 15) is 0 Å². The molecule has 20 heavy (non-hydrogen) atoms. The number of nitrogens with one attached hydrogen (secondary N) is 1. The quantitative estimate of drug-likeness (QED) is 0.874. The Labute approximate surface area is 126 Å². The molecule has 106 valence electrons. The average Bonchev–Trinajstić information content (AvgIpc) is 2.47. The monoisotopic (exact) mass is 288 g/mol. The van der Waals surface area contributed by atoms with Gasteiger partial charge in [0.15, 0.2) is 0 Å². The number of pyridine rings is 1. The van der Waals surface area contributed by atoms with Crippen molar-refractivity contribution in [3.05, 3.63) is 64.4 Å². The molecule has 1 unspecified atom stereocenters. The number of aryl methyl sites for hydroxylation is 2. The maximum Gasteiger partial charge on any atom is 0.0621 e. The number of halogens is 1. The fourth-order valence-corrected chi connectivity index (χ4v) is 2.60. The first-order chi connectivity index (χ1) is 9.70. The molecule has 1 aromatic heterocycles. The van der Waals surface area contributed by atoms with Gasteiger partial charge in [-0.3, -0.25) is 4.98 Å². The smallest absolute Gasteiger partial charge is 0.0621 e. The number of hydrogen-bond acceptors (Lipinski definition) is 2. The van der Waals surface area contributed by atoms with Crippen LogP contribution in [0.15, 0.2) is 42.7 Å². The summed E-state index contributed by atoms with van der Waals surface area (Å²) in [6.45, 7) is 2.17. The molecule has 0 aliphatic rings. The van der Waals surface area contributed by atoms with Crippen molar-refractivity contribution >= 4 is 11.6 Å². The Hall–Kier alpha value is -1.38. The first kappa shape index (κ1) is 15.0. The maximum absolute atomic E-state index is 6.18. The van der Waals surface area contributed by atoms with Crippen LogP contribution in [0.25, 0.3) is 0 Å². The fraction of sp³-hybridized carbons (Fsp3) is 0.353. The third-order valence-corrected chi connectivity index (χ3v) is 4.09. The van der Waals surface area contributed by atoms with Crippen LogP contribution in [0, 0.1) is 6.92 Å². The minimum atomic E-state index is 0.425. The van der Waals surface area contributed by atoms with Crippen molar-refractivity contribution in [2.45, 2.75) is 32.2 Å². The molecule has 1 N–H and O–H groups in total. The van der Waals surface area contributed by atoms with Gasteiger partial charge in [-0.05, 0) is 56.0 Å². The predicted octanol–water partition coefficient (Wildman–Crippen LogP) is 3.81. The van der Waals surface area contributed by atoms with Gasteiger partial charge in [-0.15, -0.1) is 0 Å². The third kappa shape index (κ3) is 4.06. The second kappa shape index (κ2) is 7.41. The zero-order valence-electron chi connectivity index (χ0n) is 12.1. The molecule has 2 rings (SSSR count). The summed E-state index contributed by atoms with van der Waals surface area (Å²) in [5.74, 6) is 0. The van der Waals surface area contributed by atoms with Crippen LogP contribution >= 0.6 is 11.6 Å². The lowest BCUT2D eigenvalue weighted by molar-refractivity contribution is 0.519. The Balaban J connectivity index is 1.96. The normalized spacial score (nSPS) is 12.3. The molecular formula is C17H21ClN2. The van der Waals surface area contributed by atoms with Crippen LogP contribution in [0.3, 0.4) is 0 Å². The van der Waals surface area contributed by atoms with E-state index in [0.717, 1.165) is 29.8 Å². The number of benzene rings is 1. The molecule has 0 spiro atoms. The van der Waals surface area contributed by atoms with Gasteiger partial charge in [0.2, 0.25) is 0 Å². The highest BCUT2D eigenvalue weighted by molar-refractivity contribution is 6.31. The first-order valence-electron chi connectivity index (χ1n) is 7.01. The number of hydrogen-bond donors (Lipinski definition) is 1. The molecule has 1 heterocycles.